The van der Waals surface area contributed by atoms with Crippen molar-refractivity contribution in [1.82, 2.24) is 5.01 Å². The number of ether oxygens (including phenoxy) is 1. The molecule has 0 saturated carbocycles. The summed E-state index contributed by atoms with van der Waals surface area (Å²) in [6.07, 6.45) is 1.71. The minimum Gasteiger partial charge on any atom is -0.504 e. The highest BCUT2D eigenvalue weighted by Crippen LogP contribution is 2.26. The van der Waals surface area contributed by atoms with E-state index in [1.807, 2.05) is 21.0 Å². The molecule has 0 aromatic heterocycles. The summed E-state index contributed by atoms with van der Waals surface area (Å²) >= 11 is 0. The molecule has 0 saturated heterocycles. The van der Waals surface area contributed by atoms with Crippen LogP contribution in [0.25, 0.3) is 0 Å². The highest BCUT2D eigenvalue weighted by atomic mass is 16.5. The summed E-state index contributed by atoms with van der Waals surface area (Å²) < 4.78 is 5.26. The van der Waals surface area contributed by atoms with Gasteiger partial charge in [0.05, 0.1) is 12.8 Å². The van der Waals surface area contributed by atoms with E-state index in [0.717, 1.165) is 5.56 Å². The number of hydrogen-bond donors (Lipinski definition) is 1. The van der Waals surface area contributed by atoms with Gasteiger partial charge in [-0.3, -0.25) is 0 Å². The van der Waals surface area contributed by atoms with Crippen LogP contribution in [0, 0.1) is 0 Å². The molecule has 0 radical (unpaired) electrons. The standard InChI is InChI=1S/C11H16N2O2/c1-4-15-11-7-9(5-6-10(11)14)8-12-13(2)3/h5-8,14H,4H2,1-3H3/b12-8+. The van der Waals surface area contributed by atoms with Crippen LogP contribution in [-0.4, -0.2) is 37.0 Å². The SMILES string of the molecule is CCOc1cc(/C=N/N(C)C)ccc1O. The van der Waals surface area contributed by atoms with Crippen LogP contribution < -0.4 is 4.74 Å². The van der Waals surface area contributed by atoms with Gasteiger partial charge in [-0.2, -0.15) is 5.10 Å². The van der Waals surface area contributed by atoms with Gasteiger partial charge in [0.15, 0.2) is 11.5 Å². The van der Waals surface area contributed by atoms with Crippen molar-refractivity contribution >= 4 is 6.21 Å². The number of hydrazone groups is 1. The van der Waals surface area contributed by atoms with Crippen molar-refractivity contribution in [3.8, 4) is 11.5 Å². The molecule has 0 aliphatic carbocycles. The molecular weight excluding hydrogens is 192 g/mol. The summed E-state index contributed by atoms with van der Waals surface area (Å²) in [4.78, 5) is 0. The Kier molecular flexibility index (Phi) is 3.97. The van der Waals surface area contributed by atoms with Gasteiger partial charge in [0.25, 0.3) is 0 Å². The van der Waals surface area contributed by atoms with E-state index in [4.69, 9.17) is 4.74 Å². The van der Waals surface area contributed by atoms with E-state index in [2.05, 4.69) is 5.10 Å². The van der Waals surface area contributed by atoms with Crippen LogP contribution in [0.3, 0.4) is 0 Å². The lowest BCUT2D eigenvalue weighted by Gasteiger charge is -2.07. The van der Waals surface area contributed by atoms with Crippen molar-refractivity contribution in [3.63, 3.8) is 0 Å². The fourth-order valence-corrected chi connectivity index (χ4v) is 1.06. The predicted molar refractivity (Wildman–Crippen MR) is 60.6 cm³/mol. The molecule has 82 valence electrons. The molecule has 1 N–H and O–H groups in total. The molecular formula is C11H16N2O2. The molecule has 0 amide bonds. The number of phenols is 1. The lowest BCUT2D eigenvalue weighted by atomic mass is 10.2. The predicted octanol–water partition coefficient (Wildman–Crippen LogP) is 1.69. The van der Waals surface area contributed by atoms with Gasteiger partial charge < -0.3 is 14.9 Å². The van der Waals surface area contributed by atoms with Crippen LogP contribution >= 0.6 is 0 Å². The lowest BCUT2D eigenvalue weighted by molar-refractivity contribution is 0.318. The van der Waals surface area contributed by atoms with Gasteiger partial charge in [0, 0.05) is 14.1 Å². The topological polar surface area (TPSA) is 45.1 Å². The smallest absolute Gasteiger partial charge is 0.161 e. The Labute approximate surface area is 89.8 Å². The zero-order valence-electron chi connectivity index (χ0n) is 9.27. The summed E-state index contributed by atoms with van der Waals surface area (Å²) in [5, 5.41) is 15.3. The maximum absolute atomic E-state index is 9.46. The van der Waals surface area contributed by atoms with Crippen molar-refractivity contribution in [3.05, 3.63) is 23.8 Å². The first-order chi connectivity index (χ1) is 7.13. The first kappa shape index (κ1) is 11.4. The number of phenolic OH excluding ortho intramolecular Hbond substituents is 1. The number of hydrogen-bond acceptors (Lipinski definition) is 4. The Hall–Kier alpha value is -1.71. The molecule has 0 aliphatic rings. The van der Waals surface area contributed by atoms with Crippen LogP contribution in [0.15, 0.2) is 23.3 Å². The zero-order chi connectivity index (χ0) is 11.3. The zero-order valence-corrected chi connectivity index (χ0v) is 9.27. The normalized spacial score (nSPS) is 10.6. The second-order valence-electron chi connectivity index (χ2n) is 3.25. The maximum atomic E-state index is 9.46. The van der Waals surface area contributed by atoms with Crippen molar-refractivity contribution < 1.29 is 9.84 Å². The van der Waals surface area contributed by atoms with E-state index < -0.39 is 0 Å². The quantitative estimate of drug-likeness (QED) is 0.605. The number of aromatic hydroxyl groups is 1. The minimum atomic E-state index is 0.152. The van der Waals surface area contributed by atoms with Crippen molar-refractivity contribution in [2.75, 3.05) is 20.7 Å². The molecule has 0 atom stereocenters. The van der Waals surface area contributed by atoms with Gasteiger partial charge in [-0.05, 0) is 30.7 Å². The fraction of sp³-hybridized carbons (Fsp3) is 0.364. The van der Waals surface area contributed by atoms with E-state index in [-0.39, 0.29) is 5.75 Å². The monoisotopic (exact) mass is 208 g/mol. The van der Waals surface area contributed by atoms with Crippen LogP contribution in [0.4, 0.5) is 0 Å². The summed E-state index contributed by atoms with van der Waals surface area (Å²) in [5.41, 5.74) is 0.893. The van der Waals surface area contributed by atoms with E-state index >= 15 is 0 Å². The molecule has 4 heteroatoms. The third-order valence-electron chi connectivity index (χ3n) is 1.72. The van der Waals surface area contributed by atoms with Gasteiger partial charge in [-0.15, -0.1) is 0 Å². The molecule has 0 aliphatic heterocycles. The van der Waals surface area contributed by atoms with Gasteiger partial charge >= 0.3 is 0 Å². The second kappa shape index (κ2) is 5.24. The van der Waals surface area contributed by atoms with Gasteiger partial charge in [-0.1, -0.05) is 0 Å². The number of benzene rings is 1. The summed E-state index contributed by atoms with van der Waals surface area (Å²) in [6, 6.07) is 5.14. The molecule has 15 heavy (non-hydrogen) atoms. The average molecular weight is 208 g/mol. The Morgan fingerprint density at radius 3 is 2.80 bits per heavy atom. The molecule has 0 unspecified atom stereocenters. The Bertz CT molecular complexity index is 348. The number of nitrogens with zero attached hydrogens (tertiary/aromatic N) is 2. The second-order valence-corrected chi connectivity index (χ2v) is 3.25. The molecule has 0 heterocycles. The van der Waals surface area contributed by atoms with E-state index in [1.165, 1.54) is 0 Å². The third kappa shape index (κ3) is 3.50. The Morgan fingerprint density at radius 2 is 2.20 bits per heavy atom. The third-order valence-corrected chi connectivity index (χ3v) is 1.72. The molecule has 1 rings (SSSR count). The van der Waals surface area contributed by atoms with Crippen molar-refractivity contribution in [1.29, 1.82) is 0 Å². The van der Waals surface area contributed by atoms with Crippen molar-refractivity contribution in [2.45, 2.75) is 6.92 Å². The van der Waals surface area contributed by atoms with Crippen LogP contribution in [0.2, 0.25) is 0 Å². The van der Waals surface area contributed by atoms with E-state index in [9.17, 15) is 5.11 Å². The molecule has 0 spiro atoms. The lowest BCUT2D eigenvalue weighted by Crippen LogP contribution is -2.02. The molecule has 1 aromatic rings. The van der Waals surface area contributed by atoms with Crippen molar-refractivity contribution in [2.24, 2.45) is 5.10 Å². The minimum absolute atomic E-state index is 0.152. The molecule has 4 nitrogen and oxygen atoms in total. The Morgan fingerprint density at radius 1 is 1.47 bits per heavy atom. The van der Waals surface area contributed by atoms with Gasteiger partial charge in [0.2, 0.25) is 0 Å². The first-order valence-corrected chi connectivity index (χ1v) is 4.80. The van der Waals surface area contributed by atoms with Gasteiger partial charge in [-0.25, -0.2) is 0 Å². The van der Waals surface area contributed by atoms with E-state index in [0.29, 0.717) is 12.4 Å². The summed E-state index contributed by atoms with van der Waals surface area (Å²) in [7, 11) is 3.70. The summed E-state index contributed by atoms with van der Waals surface area (Å²) in [5.74, 6) is 0.638. The summed E-state index contributed by atoms with van der Waals surface area (Å²) in [6.45, 7) is 2.40. The highest BCUT2D eigenvalue weighted by Gasteiger charge is 2.01. The van der Waals surface area contributed by atoms with Crippen LogP contribution in [0.5, 0.6) is 11.5 Å². The highest BCUT2D eigenvalue weighted by molar-refractivity contribution is 5.80. The van der Waals surface area contributed by atoms with Crippen LogP contribution in [0.1, 0.15) is 12.5 Å². The first-order valence-electron chi connectivity index (χ1n) is 4.80. The van der Waals surface area contributed by atoms with Gasteiger partial charge in [0.1, 0.15) is 0 Å². The number of rotatable bonds is 4. The fourth-order valence-electron chi connectivity index (χ4n) is 1.06. The Balaban J connectivity index is 2.87. The molecule has 0 bridgehead atoms. The maximum Gasteiger partial charge on any atom is 0.161 e. The molecule has 1 aromatic carbocycles. The van der Waals surface area contributed by atoms with E-state index in [1.54, 1.807) is 29.4 Å². The largest absolute Gasteiger partial charge is 0.504 e. The molecule has 0 fully saturated rings. The van der Waals surface area contributed by atoms with Crippen LogP contribution in [-0.2, 0) is 0 Å². The average Bonchev–Trinajstić information content (AvgIpc) is 2.19.